The molecule has 0 spiro atoms. The topological polar surface area (TPSA) is 99.0 Å². The van der Waals surface area contributed by atoms with E-state index >= 15 is 0 Å². The largest absolute Gasteiger partial charge is 0.493 e. The Bertz CT molecular complexity index is 1000. The van der Waals surface area contributed by atoms with E-state index in [-0.39, 0.29) is 22.8 Å². The molecule has 0 saturated carbocycles. The smallest absolute Gasteiger partial charge is 0.273 e. The lowest BCUT2D eigenvalue weighted by Gasteiger charge is -2.16. The van der Waals surface area contributed by atoms with Crippen molar-refractivity contribution in [3.05, 3.63) is 68.7 Å². The third-order valence-electron chi connectivity index (χ3n) is 4.27. The lowest BCUT2D eigenvalue weighted by Crippen LogP contribution is -2.30. The number of hydrogen-bond donors (Lipinski definition) is 0. The molecule has 0 saturated heterocycles. The fourth-order valence-electron chi connectivity index (χ4n) is 2.85. The second kappa shape index (κ2) is 7.69. The highest BCUT2D eigenvalue weighted by atomic mass is 35.5. The van der Waals surface area contributed by atoms with Gasteiger partial charge < -0.3 is 9.47 Å². The van der Waals surface area contributed by atoms with Crippen LogP contribution in [0.25, 0.3) is 5.57 Å². The first kappa shape index (κ1) is 19.4. The average molecular weight is 403 g/mol. The van der Waals surface area contributed by atoms with E-state index in [2.05, 4.69) is 0 Å². The zero-order valence-electron chi connectivity index (χ0n) is 15.0. The second-order valence-corrected chi connectivity index (χ2v) is 6.26. The van der Waals surface area contributed by atoms with Gasteiger partial charge in [0.05, 0.1) is 31.3 Å². The number of hydrogen-bond acceptors (Lipinski definition) is 6. The zero-order chi connectivity index (χ0) is 20.4. The Morgan fingerprint density at radius 2 is 1.64 bits per heavy atom. The van der Waals surface area contributed by atoms with E-state index in [4.69, 9.17) is 21.1 Å². The molecule has 0 radical (unpaired) electrons. The van der Waals surface area contributed by atoms with Gasteiger partial charge >= 0.3 is 0 Å². The predicted molar refractivity (Wildman–Crippen MR) is 101 cm³/mol. The fraction of sp³-hybridized carbons (Fsp3) is 0.158. The number of nitro groups is 1. The van der Waals surface area contributed by atoms with Crippen LogP contribution in [0, 0.1) is 10.1 Å². The molecule has 1 aliphatic heterocycles. The van der Waals surface area contributed by atoms with E-state index in [1.54, 1.807) is 18.2 Å². The van der Waals surface area contributed by atoms with Gasteiger partial charge in [-0.15, -0.1) is 0 Å². The first-order valence-electron chi connectivity index (χ1n) is 8.09. The van der Waals surface area contributed by atoms with Crippen LogP contribution in [0.4, 0.5) is 5.69 Å². The van der Waals surface area contributed by atoms with E-state index in [9.17, 15) is 19.7 Å². The van der Waals surface area contributed by atoms with Gasteiger partial charge in [0.15, 0.2) is 11.5 Å². The number of non-ortho nitro benzene ring substituents is 1. The number of carbonyl (C=O) groups excluding carboxylic acids is 2. The summed E-state index contributed by atoms with van der Waals surface area (Å²) in [5, 5.41) is 10.6. The number of carbonyl (C=O) groups is 2. The molecule has 0 atom stereocenters. The van der Waals surface area contributed by atoms with E-state index in [1.165, 1.54) is 38.5 Å². The van der Waals surface area contributed by atoms with Crippen molar-refractivity contribution in [3.8, 4) is 11.5 Å². The third kappa shape index (κ3) is 3.41. The van der Waals surface area contributed by atoms with E-state index in [0.29, 0.717) is 22.6 Å². The minimum Gasteiger partial charge on any atom is -0.493 e. The van der Waals surface area contributed by atoms with Gasteiger partial charge in [0.2, 0.25) is 0 Å². The first-order chi connectivity index (χ1) is 13.4. The molecule has 0 bridgehead atoms. The number of amides is 2. The van der Waals surface area contributed by atoms with Crippen LogP contribution >= 0.6 is 11.6 Å². The molecule has 2 aromatic rings. The molecular weight excluding hydrogens is 388 g/mol. The first-order valence-corrected chi connectivity index (χ1v) is 8.47. The Morgan fingerprint density at radius 3 is 2.21 bits per heavy atom. The summed E-state index contributed by atoms with van der Waals surface area (Å²) in [7, 11) is 2.99. The zero-order valence-corrected chi connectivity index (χ0v) is 15.7. The van der Waals surface area contributed by atoms with Crippen molar-refractivity contribution in [2.75, 3.05) is 14.2 Å². The van der Waals surface area contributed by atoms with Crippen molar-refractivity contribution in [3.63, 3.8) is 0 Å². The number of benzene rings is 2. The molecule has 0 aliphatic carbocycles. The minimum atomic E-state index is -0.630. The van der Waals surface area contributed by atoms with Crippen molar-refractivity contribution in [1.29, 1.82) is 0 Å². The summed E-state index contributed by atoms with van der Waals surface area (Å²) in [6.45, 7) is -0.00920. The van der Waals surface area contributed by atoms with Crippen LogP contribution < -0.4 is 9.47 Å². The number of nitrogens with zero attached hydrogens (tertiary/aromatic N) is 2. The number of halogens is 1. The average Bonchev–Trinajstić information content (AvgIpc) is 2.91. The van der Waals surface area contributed by atoms with E-state index in [1.807, 2.05) is 0 Å². The van der Waals surface area contributed by atoms with Gasteiger partial charge in [-0.3, -0.25) is 24.6 Å². The van der Waals surface area contributed by atoms with Crippen molar-refractivity contribution in [2.24, 2.45) is 0 Å². The highest BCUT2D eigenvalue weighted by Gasteiger charge is 2.38. The summed E-state index contributed by atoms with van der Waals surface area (Å²) in [4.78, 5) is 36.6. The molecule has 2 aromatic carbocycles. The molecule has 8 nitrogen and oxygen atoms in total. The minimum absolute atomic E-state index is 0.00920. The Balaban J connectivity index is 1.87. The molecular formula is C19H15ClN2O6. The lowest BCUT2D eigenvalue weighted by molar-refractivity contribution is -0.384. The highest BCUT2D eigenvalue weighted by Crippen LogP contribution is 2.34. The molecule has 1 heterocycles. The molecule has 144 valence electrons. The molecule has 0 N–H and O–H groups in total. The molecule has 0 unspecified atom stereocenters. The lowest BCUT2D eigenvalue weighted by atomic mass is 10.1. The van der Waals surface area contributed by atoms with Gasteiger partial charge in [0.25, 0.3) is 17.5 Å². The maximum atomic E-state index is 12.8. The summed E-state index contributed by atoms with van der Waals surface area (Å²) in [5.41, 5.74) is 0.874. The van der Waals surface area contributed by atoms with Gasteiger partial charge in [0, 0.05) is 12.1 Å². The van der Waals surface area contributed by atoms with Crippen LogP contribution in [0.2, 0.25) is 0 Å². The summed E-state index contributed by atoms with van der Waals surface area (Å²) in [6.07, 6.45) is 0. The number of rotatable bonds is 6. The Kier molecular flexibility index (Phi) is 5.32. The molecule has 3 rings (SSSR count). The Hall–Kier alpha value is -3.39. The quantitative estimate of drug-likeness (QED) is 0.418. The van der Waals surface area contributed by atoms with Gasteiger partial charge in [-0.1, -0.05) is 17.7 Å². The Labute approximate surface area is 165 Å². The standard InChI is InChI=1S/C19H15ClN2O6/c1-27-14-8-3-11(9-15(14)28-2)10-21-18(23)16(17(20)19(21)24)12-4-6-13(7-5-12)22(25)26/h3-9H,10H2,1-2H3. The van der Waals surface area contributed by atoms with Gasteiger partial charge in [-0.25, -0.2) is 0 Å². The van der Waals surface area contributed by atoms with Crippen LogP contribution in [0.15, 0.2) is 47.5 Å². The van der Waals surface area contributed by atoms with Gasteiger partial charge in [-0.2, -0.15) is 0 Å². The summed E-state index contributed by atoms with van der Waals surface area (Å²) < 4.78 is 10.4. The molecule has 28 heavy (non-hydrogen) atoms. The normalized spacial score (nSPS) is 13.9. The van der Waals surface area contributed by atoms with Crippen molar-refractivity contribution < 1.29 is 24.0 Å². The number of ether oxygens (including phenoxy) is 2. The molecule has 0 aromatic heterocycles. The monoisotopic (exact) mass is 402 g/mol. The van der Waals surface area contributed by atoms with E-state index < -0.39 is 16.7 Å². The summed E-state index contributed by atoms with van der Waals surface area (Å²) in [6, 6.07) is 10.3. The SMILES string of the molecule is COc1ccc(CN2C(=O)C(Cl)=C(c3ccc([N+](=O)[O-])cc3)C2=O)cc1OC. The fourth-order valence-corrected chi connectivity index (χ4v) is 3.14. The van der Waals surface area contributed by atoms with Crippen LogP contribution in [0.5, 0.6) is 11.5 Å². The molecule has 2 amide bonds. The third-order valence-corrected chi connectivity index (χ3v) is 4.62. The molecule has 1 aliphatic rings. The number of methoxy groups -OCH3 is 2. The van der Waals surface area contributed by atoms with Crippen LogP contribution in [-0.2, 0) is 16.1 Å². The predicted octanol–water partition coefficient (Wildman–Crippen LogP) is 3.13. The van der Waals surface area contributed by atoms with Crippen molar-refractivity contribution >= 4 is 34.7 Å². The van der Waals surface area contributed by atoms with Gasteiger partial charge in [-0.05, 0) is 35.4 Å². The summed E-state index contributed by atoms with van der Waals surface area (Å²) >= 11 is 6.12. The van der Waals surface area contributed by atoms with Gasteiger partial charge in [0.1, 0.15) is 5.03 Å². The second-order valence-electron chi connectivity index (χ2n) is 5.88. The maximum absolute atomic E-state index is 12.8. The van der Waals surface area contributed by atoms with Crippen LogP contribution in [-0.4, -0.2) is 35.9 Å². The van der Waals surface area contributed by atoms with Crippen LogP contribution in [0.3, 0.4) is 0 Å². The maximum Gasteiger partial charge on any atom is 0.273 e. The Morgan fingerprint density at radius 1 is 1.00 bits per heavy atom. The van der Waals surface area contributed by atoms with Crippen molar-refractivity contribution in [2.45, 2.75) is 6.54 Å². The molecule has 0 fully saturated rings. The van der Waals surface area contributed by atoms with Crippen molar-refractivity contribution in [1.82, 2.24) is 4.90 Å². The number of nitro benzene ring substituents is 1. The van der Waals surface area contributed by atoms with E-state index in [0.717, 1.165) is 4.90 Å². The van der Waals surface area contributed by atoms with Crippen LogP contribution in [0.1, 0.15) is 11.1 Å². The molecule has 9 heteroatoms. The highest BCUT2D eigenvalue weighted by molar-refractivity contribution is 6.55. The summed E-state index contributed by atoms with van der Waals surface area (Å²) in [5.74, 6) is -0.213. The number of imide groups is 1.